The lowest BCUT2D eigenvalue weighted by molar-refractivity contribution is -0.123. The SMILES string of the molecule is Cc1nc2ccccc2c(C)c1C(=O)OC(C)C(=O)Nc1ccc(C#N)c(Cl)c1. The van der Waals surface area contributed by atoms with Gasteiger partial charge in [-0.15, -0.1) is 0 Å². The van der Waals surface area contributed by atoms with E-state index in [2.05, 4.69) is 10.3 Å². The van der Waals surface area contributed by atoms with Crippen molar-refractivity contribution in [3.63, 3.8) is 0 Å². The number of pyridine rings is 1. The molecule has 3 rings (SSSR count). The standard InChI is InChI=1S/C22H18ClN3O3/c1-12-17-6-4-5-7-19(17)25-13(2)20(12)22(28)29-14(3)21(27)26-16-9-8-15(11-24)18(23)10-16/h4-10,14H,1-3H3,(H,26,27). The van der Waals surface area contributed by atoms with E-state index < -0.39 is 18.0 Å². The van der Waals surface area contributed by atoms with Crippen molar-refractivity contribution in [3.8, 4) is 6.07 Å². The molecule has 1 atom stereocenters. The Morgan fingerprint density at radius 2 is 1.93 bits per heavy atom. The predicted molar refractivity (Wildman–Crippen MR) is 111 cm³/mol. The van der Waals surface area contributed by atoms with Gasteiger partial charge in [0.2, 0.25) is 0 Å². The van der Waals surface area contributed by atoms with Gasteiger partial charge in [0.25, 0.3) is 5.91 Å². The molecule has 1 aromatic heterocycles. The molecule has 3 aromatic rings. The Hall–Kier alpha value is -3.43. The highest BCUT2D eigenvalue weighted by Gasteiger charge is 2.23. The summed E-state index contributed by atoms with van der Waals surface area (Å²) in [5, 5.41) is 12.6. The van der Waals surface area contributed by atoms with E-state index in [0.717, 1.165) is 16.5 Å². The molecule has 0 aliphatic carbocycles. The van der Waals surface area contributed by atoms with Crippen molar-refractivity contribution in [2.24, 2.45) is 0 Å². The van der Waals surface area contributed by atoms with Crippen LogP contribution in [0.15, 0.2) is 42.5 Å². The third kappa shape index (κ3) is 4.20. The molecule has 1 amide bonds. The zero-order valence-corrected chi connectivity index (χ0v) is 16.9. The van der Waals surface area contributed by atoms with Crippen molar-refractivity contribution in [1.29, 1.82) is 5.26 Å². The maximum Gasteiger partial charge on any atom is 0.341 e. The van der Waals surface area contributed by atoms with Gasteiger partial charge in [-0.25, -0.2) is 4.79 Å². The second-order valence-corrected chi connectivity index (χ2v) is 6.96. The Morgan fingerprint density at radius 3 is 2.62 bits per heavy atom. The van der Waals surface area contributed by atoms with Crippen molar-refractivity contribution < 1.29 is 14.3 Å². The number of carbonyl (C=O) groups excluding carboxylic acids is 2. The highest BCUT2D eigenvalue weighted by molar-refractivity contribution is 6.32. The van der Waals surface area contributed by atoms with Gasteiger partial charge < -0.3 is 10.1 Å². The largest absolute Gasteiger partial charge is 0.449 e. The molecule has 0 bridgehead atoms. The number of benzene rings is 2. The first-order valence-electron chi connectivity index (χ1n) is 8.89. The van der Waals surface area contributed by atoms with Crippen LogP contribution in [0.4, 0.5) is 5.69 Å². The molecule has 0 aliphatic heterocycles. The number of anilines is 1. The number of fused-ring (bicyclic) bond motifs is 1. The monoisotopic (exact) mass is 407 g/mol. The lowest BCUT2D eigenvalue weighted by Crippen LogP contribution is -2.30. The van der Waals surface area contributed by atoms with Crippen LogP contribution >= 0.6 is 11.6 Å². The van der Waals surface area contributed by atoms with Gasteiger partial charge >= 0.3 is 5.97 Å². The second kappa shape index (κ2) is 8.29. The van der Waals surface area contributed by atoms with Crippen LogP contribution in [0.25, 0.3) is 10.9 Å². The van der Waals surface area contributed by atoms with Crippen LogP contribution in [0.2, 0.25) is 5.02 Å². The Balaban J connectivity index is 1.77. The van der Waals surface area contributed by atoms with Crippen LogP contribution in [0.5, 0.6) is 0 Å². The average Bonchev–Trinajstić information content (AvgIpc) is 2.68. The van der Waals surface area contributed by atoms with E-state index in [9.17, 15) is 9.59 Å². The average molecular weight is 408 g/mol. The minimum absolute atomic E-state index is 0.225. The number of ether oxygens (including phenoxy) is 1. The van der Waals surface area contributed by atoms with E-state index in [0.29, 0.717) is 22.5 Å². The summed E-state index contributed by atoms with van der Waals surface area (Å²) in [7, 11) is 0. The molecule has 1 N–H and O–H groups in total. The number of nitrogens with one attached hydrogen (secondary N) is 1. The van der Waals surface area contributed by atoms with Crippen molar-refractivity contribution in [2.45, 2.75) is 26.9 Å². The second-order valence-electron chi connectivity index (χ2n) is 6.56. The number of aryl methyl sites for hydroxylation is 2. The molecule has 6 nitrogen and oxygen atoms in total. The summed E-state index contributed by atoms with van der Waals surface area (Å²) in [6.07, 6.45) is -1.04. The van der Waals surface area contributed by atoms with Crippen LogP contribution in [-0.2, 0) is 9.53 Å². The molecule has 0 radical (unpaired) electrons. The molecule has 146 valence electrons. The van der Waals surface area contributed by atoms with E-state index in [-0.39, 0.29) is 5.02 Å². The van der Waals surface area contributed by atoms with Gasteiger partial charge in [0.15, 0.2) is 6.10 Å². The van der Waals surface area contributed by atoms with Crippen LogP contribution < -0.4 is 5.32 Å². The smallest absolute Gasteiger partial charge is 0.341 e. The number of carbonyl (C=O) groups is 2. The van der Waals surface area contributed by atoms with Gasteiger partial charge in [0.05, 0.1) is 27.4 Å². The maximum atomic E-state index is 12.7. The Morgan fingerprint density at radius 1 is 1.21 bits per heavy atom. The minimum atomic E-state index is -1.04. The van der Waals surface area contributed by atoms with Gasteiger partial charge in [0.1, 0.15) is 6.07 Å². The van der Waals surface area contributed by atoms with Gasteiger partial charge in [-0.3, -0.25) is 9.78 Å². The number of halogens is 1. The molecule has 0 spiro atoms. The van der Waals surface area contributed by atoms with Gasteiger partial charge in [-0.05, 0) is 50.6 Å². The molecule has 0 fully saturated rings. The number of hydrogen-bond donors (Lipinski definition) is 1. The summed E-state index contributed by atoms with van der Waals surface area (Å²) in [5.41, 5.74) is 3.15. The molecule has 0 saturated heterocycles. The van der Waals surface area contributed by atoms with Gasteiger partial charge in [-0.2, -0.15) is 5.26 Å². The minimum Gasteiger partial charge on any atom is -0.449 e. The van der Waals surface area contributed by atoms with E-state index in [4.69, 9.17) is 21.6 Å². The molecule has 1 heterocycles. The highest BCUT2D eigenvalue weighted by atomic mass is 35.5. The number of esters is 1. The van der Waals surface area contributed by atoms with Crippen LogP contribution in [0, 0.1) is 25.2 Å². The summed E-state index contributed by atoms with van der Waals surface area (Å²) >= 11 is 5.97. The summed E-state index contributed by atoms with van der Waals surface area (Å²) in [6.45, 7) is 5.05. The zero-order valence-electron chi connectivity index (χ0n) is 16.1. The fourth-order valence-electron chi connectivity index (χ4n) is 3.03. The van der Waals surface area contributed by atoms with E-state index >= 15 is 0 Å². The molecule has 7 heteroatoms. The highest BCUT2D eigenvalue weighted by Crippen LogP contribution is 2.24. The Kier molecular flexibility index (Phi) is 5.81. The number of hydrogen-bond acceptors (Lipinski definition) is 5. The Labute approximate surface area is 173 Å². The summed E-state index contributed by atoms with van der Waals surface area (Å²) in [6, 6.07) is 14.0. The van der Waals surface area contributed by atoms with Crippen molar-refractivity contribution >= 4 is 40.1 Å². The van der Waals surface area contributed by atoms with Crippen molar-refractivity contribution in [1.82, 2.24) is 4.98 Å². The van der Waals surface area contributed by atoms with Crippen LogP contribution in [0.3, 0.4) is 0 Å². The van der Waals surface area contributed by atoms with Crippen LogP contribution in [0.1, 0.15) is 34.1 Å². The topological polar surface area (TPSA) is 92.1 Å². The quantitative estimate of drug-likeness (QED) is 0.640. The third-order valence-corrected chi connectivity index (χ3v) is 4.86. The van der Waals surface area contributed by atoms with E-state index in [1.54, 1.807) is 13.0 Å². The first-order chi connectivity index (χ1) is 13.8. The van der Waals surface area contributed by atoms with Gasteiger partial charge in [-0.1, -0.05) is 29.8 Å². The van der Waals surface area contributed by atoms with Crippen molar-refractivity contribution in [3.05, 3.63) is 69.9 Å². The van der Waals surface area contributed by atoms with Crippen LogP contribution in [-0.4, -0.2) is 23.0 Å². The number of nitriles is 1. The lowest BCUT2D eigenvalue weighted by Gasteiger charge is -2.16. The van der Waals surface area contributed by atoms with E-state index in [1.165, 1.54) is 19.1 Å². The normalized spacial score (nSPS) is 11.6. The number of amides is 1. The molecular formula is C22H18ClN3O3. The lowest BCUT2D eigenvalue weighted by atomic mass is 10.0. The Bertz CT molecular complexity index is 1170. The van der Waals surface area contributed by atoms with Crippen molar-refractivity contribution in [2.75, 3.05) is 5.32 Å². The fraction of sp³-hybridized carbons (Fsp3) is 0.182. The fourth-order valence-corrected chi connectivity index (χ4v) is 3.25. The first-order valence-corrected chi connectivity index (χ1v) is 9.27. The number of aromatic nitrogens is 1. The molecule has 2 aromatic carbocycles. The summed E-state index contributed by atoms with van der Waals surface area (Å²) < 4.78 is 5.38. The zero-order chi connectivity index (χ0) is 21.1. The third-order valence-electron chi connectivity index (χ3n) is 4.55. The molecular weight excluding hydrogens is 390 g/mol. The number of nitrogens with zero attached hydrogens (tertiary/aromatic N) is 2. The number of rotatable bonds is 4. The number of para-hydroxylation sites is 1. The summed E-state index contributed by atoms with van der Waals surface area (Å²) in [5.74, 6) is -1.12. The predicted octanol–water partition coefficient (Wildman–Crippen LogP) is 4.56. The maximum absolute atomic E-state index is 12.7. The molecule has 0 aliphatic rings. The molecule has 0 saturated carbocycles. The molecule has 29 heavy (non-hydrogen) atoms. The first kappa shape index (κ1) is 20.3. The van der Waals surface area contributed by atoms with Gasteiger partial charge in [0, 0.05) is 11.1 Å². The molecule has 1 unspecified atom stereocenters. The van der Waals surface area contributed by atoms with E-state index in [1.807, 2.05) is 37.3 Å². The summed E-state index contributed by atoms with van der Waals surface area (Å²) in [4.78, 5) is 29.6.